The Labute approximate surface area is 142 Å². The van der Waals surface area contributed by atoms with Gasteiger partial charge in [-0.3, -0.25) is 10.1 Å². The van der Waals surface area contributed by atoms with Crippen molar-refractivity contribution in [2.75, 3.05) is 0 Å². The average molecular weight is 426 g/mol. The van der Waals surface area contributed by atoms with Gasteiger partial charge in [0.1, 0.15) is 11.6 Å². The maximum absolute atomic E-state index is 13.3. The van der Waals surface area contributed by atoms with Crippen LogP contribution < -0.4 is 4.74 Å². The molecule has 0 unspecified atom stereocenters. The second-order valence-corrected chi connectivity index (χ2v) is 7.23. The third-order valence-electron chi connectivity index (χ3n) is 2.75. The van der Waals surface area contributed by atoms with Crippen molar-refractivity contribution in [3.05, 3.63) is 56.8 Å². The van der Waals surface area contributed by atoms with Gasteiger partial charge in [0.15, 0.2) is 0 Å². The fourth-order valence-electron chi connectivity index (χ4n) is 1.72. The Morgan fingerprint density at radius 2 is 1.83 bits per heavy atom. The summed E-state index contributed by atoms with van der Waals surface area (Å²) in [5.74, 6) is -4.93. The van der Waals surface area contributed by atoms with Gasteiger partial charge in [0, 0.05) is 16.6 Å². The molecule has 0 atom stereocenters. The third kappa shape index (κ3) is 3.85. The maximum Gasteiger partial charge on any atom is 0.341 e. The smallest absolute Gasteiger partial charge is 0.341 e. The van der Waals surface area contributed by atoms with E-state index in [-0.39, 0.29) is 5.75 Å². The van der Waals surface area contributed by atoms with Crippen LogP contribution in [0.5, 0.6) is 11.5 Å². The topological polar surface area (TPSA) is 86.5 Å². The number of ether oxygens (including phenoxy) is 1. The van der Waals surface area contributed by atoms with E-state index >= 15 is 0 Å². The van der Waals surface area contributed by atoms with Crippen molar-refractivity contribution in [3.63, 3.8) is 0 Å². The lowest BCUT2D eigenvalue weighted by Gasteiger charge is -2.09. The molecule has 0 aliphatic rings. The number of alkyl halides is 2. The highest BCUT2D eigenvalue weighted by Crippen LogP contribution is 2.35. The van der Waals surface area contributed by atoms with Crippen LogP contribution in [0.1, 0.15) is 0 Å². The van der Waals surface area contributed by atoms with Gasteiger partial charge in [-0.05, 0) is 24.3 Å². The first-order valence-corrected chi connectivity index (χ1v) is 8.39. The molecule has 2 aromatic carbocycles. The molecule has 0 fully saturated rings. The molecule has 0 saturated carbocycles. The number of nitro benzene ring substituents is 1. The van der Waals surface area contributed by atoms with E-state index in [1.165, 1.54) is 6.07 Å². The molecule has 0 aliphatic carbocycles. The lowest BCUT2D eigenvalue weighted by molar-refractivity contribution is -0.385. The molecule has 0 spiro atoms. The summed E-state index contributed by atoms with van der Waals surface area (Å²) >= 11 is 3.01. The molecule has 0 aliphatic heterocycles. The lowest BCUT2D eigenvalue weighted by atomic mass is 10.3. The first-order valence-electron chi connectivity index (χ1n) is 6.05. The van der Waals surface area contributed by atoms with E-state index in [0.717, 1.165) is 24.3 Å². The van der Waals surface area contributed by atoms with E-state index < -0.39 is 42.7 Å². The largest absolute Gasteiger partial charge is 0.450 e. The molecule has 2 rings (SSSR count). The average Bonchev–Trinajstić information content (AvgIpc) is 2.45. The van der Waals surface area contributed by atoms with Gasteiger partial charge in [0.25, 0.3) is 0 Å². The number of nitro groups is 1. The molecular formula is C13H7BrF3NO5S. The highest BCUT2D eigenvalue weighted by molar-refractivity contribution is 9.10. The van der Waals surface area contributed by atoms with Crippen molar-refractivity contribution in [2.24, 2.45) is 0 Å². The Morgan fingerprint density at radius 3 is 2.38 bits per heavy atom. The fraction of sp³-hybridized carbons (Fsp3) is 0.0769. The first-order chi connectivity index (χ1) is 11.1. The summed E-state index contributed by atoms with van der Waals surface area (Å²) in [5.41, 5.74) is -0.850. The van der Waals surface area contributed by atoms with Crippen LogP contribution in [-0.2, 0) is 9.84 Å². The van der Waals surface area contributed by atoms with Gasteiger partial charge in [-0.15, -0.1) is 0 Å². The van der Waals surface area contributed by atoms with Crippen molar-refractivity contribution >= 4 is 31.5 Å². The summed E-state index contributed by atoms with van der Waals surface area (Å²) in [6.07, 6.45) is 0. The quantitative estimate of drug-likeness (QED) is 0.526. The monoisotopic (exact) mass is 425 g/mol. The molecule has 0 saturated heterocycles. The molecule has 2 aromatic rings. The number of benzene rings is 2. The Morgan fingerprint density at radius 1 is 1.17 bits per heavy atom. The first kappa shape index (κ1) is 18.2. The van der Waals surface area contributed by atoms with Crippen molar-refractivity contribution < 1.29 is 31.2 Å². The van der Waals surface area contributed by atoms with Crippen molar-refractivity contribution in [1.82, 2.24) is 0 Å². The highest BCUT2D eigenvalue weighted by Gasteiger charge is 2.30. The second-order valence-electron chi connectivity index (χ2n) is 4.40. The Kier molecular flexibility index (Phi) is 5.13. The van der Waals surface area contributed by atoms with Crippen LogP contribution in [0.25, 0.3) is 0 Å². The summed E-state index contributed by atoms with van der Waals surface area (Å²) in [7, 11) is -5.00. The van der Waals surface area contributed by atoms with E-state index in [1.54, 1.807) is 0 Å². The van der Waals surface area contributed by atoms with E-state index in [4.69, 9.17) is 4.74 Å². The van der Waals surface area contributed by atoms with Crippen LogP contribution in [0.4, 0.5) is 18.9 Å². The van der Waals surface area contributed by atoms with Crippen LogP contribution in [0, 0.1) is 15.9 Å². The summed E-state index contributed by atoms with van der Waals surface area (Å²) in [6.45, 7) is 0. The minimum Gasteiger partial charge on any atom is -0.450 e. The Balaban J connectivity index is 2.50. The van der Waals surface area contributed by atoms with Gasteiger partial charge in [-0.25, -0.2) is 12.8 Å². The van der Waals surface area contributed by atoms with Gasteiger partial charge < -0.3 is 4.74 Å². The normalized spacial score (nSPS) is 11.5. The Bertz CT molecular complexity index is 884. The van der Waals surface area contributed by atoms with Gasteiger partial charge >= 0.3 is 11.4 Å². The molecule has 0 N–H and O–H groups in total. The number of hydrogen-bond donors (Lipinski definition) is 0. The molecule has 0 aromatic heterocycles. The molecule has 0 bridgehead atoms. The summed E-state index contributed by atoms with van der Waals surface area (Å²) in [4.78, 5) is 9.14. The van der Waals surface area contributed by atoms with Crippen molar-refractivity contribution in [1.29, 1.82) is 0 Å². The molecule has 11 heteroatoms. The molecule has 0 heterocycles. The van der Waals surface area contributed by atoms with E-state index in [1.807, 2.05) is 0 Å². The SMILES string of the molecule is O=[N+]([O-])c1cc(S(=O)(=O)C(F)F)ccc1Oc1cc(F)cc(Br)c1. The summed E-state index contributed by atoms with van der Waals surface area (Å²) in [6, 6.07) is 5.45. The van der Waals surface area contributed by atoms with Crippen molar-refractivity contribution in [3.8, 4) is 11.5 Å². The minimum atomic E-state index is -5.00. The van der Waals surface area contributed by atoms with Crippen LogP contribution in [0.2, 0.25) is 0 Å². The van der Waals surface area contributed by atoms with Gasteiger partial charge in [0.05, 0.1) is 9.82 Å². The van der Waals surface area contributed by atoms with Crippen LogP contribution in [-0.4, -0.2) is 19.1 Å². The number of sulfone groups is 1. The zero-order valence-corrected chi connectivity index (χ0v) is 13.9. The van der Waals surface area contributed by atoms with E-state index in [0.29, 0.717) is 10.5 Å². The number of rotatable bonds is 5. The fourth-order valence-corrected chi connectivity index (χ4v) is 2.90. The molecule has 0 amide bonds. The zero-order chi connectivity index (χ0) is 18.1. The molecule has 128 valence electrons. The van der Waals surface area contributed by atoms with Gasteiger partial charge in [-0.1, -0.05) is 15.9 Å². The van der Waals surface area contributed by atoms with Crippen LogP contribution in [0.15, 0.2) is 45.8 Å². The molecule has 24 heavy (non-hydrogen) atoms. The second kappa shape index (κ2) is 6.77. The highest BCUT2D eigenvalue weighted by atomic mass is 79.9. The van der Waals surface area contributed by atoms with Crippen molar-refractivity contribution in [2.45, 2.75) is 10.7 Å². The van der Waals surface area contributed by atoms with Crippen LogP contribution in [0.3, 0.4) is 0 Å². The zero-order valence-electron chi connectivity index (χ0n) is 11.5. The maximum atomic E-state index is 13.3. The Hall–Kier alpha value is -2.14. The molecular weight excluding hydrogens is 419 g/mol. The van der Waals surface area contributed by atoms with E-state index in [9.17, 15) is 31.7 Å². The van der Waals surface area contributed by atoms with Gasteiger partial charge in [-0.2, -0.15) is 8.78 Å². The molecule has 0 radical (unpaired) electrons. The van der Waals surface area contributed by atoms with E-state index in [2.05, 4.69) is 15.9 Å². The number of halogens is 4. The van der Waals surface area contributed by atoms with Gasteiger partial charge in [0.2, 0.25) is 15.6 Å². The standard InChI is InChI=1S/C13H7BrF3NO5S/c14-7-3-8(15)5-9(4-7)23-12-2-1-10(6-11(12)18(19)20)24(21,22)13(16)17/h1-6,13H. The lowest BCUT2D eigenvalue weighted by Crippen LogP contribution is -2.11. The number of hydrogen-bond acceptors (Lipinski definition) is 5. The molecule has 6 nitrogen and oxygen atoms in total. The third-order valence-corrected chi connectivity index (χ3v) is 4.59. The summed E-state index contributed by atoms with van der Waals surface area (Å²) < 4.78 is 66.6. The predicted molar refractivity (Wildman–Crippen MR) is 80.5 cm³/mol. The summed E-state index contributed by atoms with van der Waals surface area (Å²) in [5, 5.41) is 11.1. The van der Waals surface area contributed by atoms with Crippen LogP contribution >= 0.6 is 15.9 Å². The predicted octanol–water partition coefficient (Wildman–Crippen LogP) is 4.29. The minimum absolute atomic E-state index is 0.102. The number of nitrogens with zero attached hydrogens (tertiary/aromatic N) is 1.